The fourth-order valence-corrected chi connectivity index (χ4v) is 5.03. The van der Waals surface area contributed by atoms with Crippen LogP contribution in [0.4, 0.5) is 17.4 Å². The number of hydrogen-bond donors (Lipinski definition) is 3. The molecule has 1 saturated heterocycles. The van der Waals surface area contributed by atoms with Gasteiger partial charge < -0.3 is 25.7 Å². The molecule has 10 nitrogen and oxygen atoms in total. The van der Waals surface area contributed by atoms with Crippen LogP contribution in [0.2, 0.25) is 5.02 Å². The first-order valence-corrected chi connectivity index (χ1v) is 12.4. The van der Waals surface area contributed by atoms with Crippen LogP contribution in [0.5, 0.6) is 0 Å². The summed E-state index contributed by atoms with van der Waals surface area (Å²) in [6, 6.07) is 5.52. The zero-order valence-corrected chi connectivity index (χ0v) is 19.7. The number of nitrogen functional groups attached to an aromatic ring is 1. The van der Waals surface area contributed by atoms with Crippen molar-refractivity contribution in [2.45, 2.75) is 26.3 Å². The van der Waals surface area contributed by atoms with Gasteiger partial charge in [0.25, 0.3) is 11.9 Å². The van der Waals surface area contributed by atoms with Crippen molar-refractivity contribution in [1.82, 2.24) is 14.6 Å². The molecular formula is C20H29ClN6O4S. The monoisotopic (exact) mass is 484 g/mol. The van der Waals surface area contributed by atoms with E-state index in [9.17, 15) is 13.2 Å². The number of benzene rings is 1. The smallest absolute Gasteiger partial charge is 0.292 e. The van der Waals surface area contributed by atoms with Gasteiger partial charge in [0.05, 0.1) is 16.5 Å². The number of oxazole rings is 1. The van der Waals surface area contributed by atoms with Gasteiger partial charge in [-0.05, 0) is 31.2 Å². The van der Waals surface area contributed by atoms with Crippen molar-refractivity contribution in [3.05, 3.63) is 35.2 Å². The number of hydrogen-bond acceptors (Lipinski definition) is 8. The Hall–Kier alpha value is -2.34. The average Bonchev–Trinajstić information content (AvgIpc) is 3.19. The molecule has 12 heteroatoms. The highest BCUT2D eigenvalue weighted by atomic mass is 35.5. The highest BCUT2D eigenvalue weighted by Crippen LogP contribution is 2.29. The van der Waals surface area contributed by atoms with Gasteiger partial charge in [0.2, 0.25) is 10.0 Å². The van der Waals surface area contributed by atoms with Crippen LogP contribution in [-0.2, 0) is 10.0 Å². The number of sulfonamides is 1. The van der Waals surface area contributed by atoms with Crippen LogP contribution in [0.25, 0.3) is 0 Å². The predicted molar refractivity (Wildman–Crippen MR) is 126 cm³/mol. The summed E-state index contributed by atoms with van der Waals surface area (Å²) in [5.74, 6) is -0.358. The maximum Gasteiger partial charge on any atom is 0.292 e. The number of amides is 1. The fraction of sp³-hybridized carbons (Fsp3) is 0.500. The van der Waals surface area contributed by atoms with E-state index in [1.807, 2.05) is 19.9 Å². The first-order chi connectivity index (χ1) is 15.2. The van der Waals surface area contributed by atoms with Crippen LogP contribution in [0.1, 0.15) is 30.8 Å². The zero-order chi connectivity index (χ0) is 23.3. The van der Waals surface area contributed by atoms with Gasteiger partial charge in [0, 0.05) is 37.9 Å². The summed E-state index contributed by atoms with van der Waals surface area (Å²) < 4.78 is 31.7. The maximum atomic E-state index is 12.6. The molecule has 0 atom stereocenters. The van der Waals surface area contributed by atoms with Crippen LogP contribution in [0.3, 0.4) is 0 Å². The van der Waals surface area contributed by atoms with Gasteiger partial charge in [0.1, 0.15) is 6.26 Å². The number of halogens is 1. The summed E-state index contributed by atoms with van der Waals surface area (Å²) in [6.07, 6.45) is 1.75. The van der Waals surface area contributed by atoms with E-state index < -0.39 is 15.9 Å². The molecule has 1 aromatic heterocycles. The second-order valence-electron chi connectivity index (χ2n) is 7.85. The van der Waals surface area contributed by atoms with Crippen molar-refractivity contribution in [3.8, 4) is 0 Å². The summed E-state index contributed by atoms with van der Waals surface area (Å²) in [5, 5.41) is 6.31. The minimum Gasteiger partial charge on any atom is -0.431 e. The van der Waals surface area contributed by atoms with E-state index in [-0.39, 0.29) is 17.5 Å². The SMILES string of the molecule is CC(C)NCCCS(=O)(=O)N1CCN(c2ccc(Cl)c(NC(=O)c3coc(N)n3)c2)CC1. The molecule has 0 saturated carbocycles. The molecule has 0 radical (unpaired) electrons. The summed E-state index contributed by atoms with van der Waals surface area (Å²) in [6.45, 7) is 6.63. The zero-order valence-electron chi connectivity index (χ0n) is 18.2. The van der Waals surface area contributed by atoms with Crippen molar-refractivity contribution in [2.75, 3.05) is 54.4 Å². The number of carbonyl (C=O) groups excluding carboxylic acids is 1. The summed E-state index contributed by atoms with van der Waals surface area (Å²) in [4.78, 5) is 18.2. The molecule has 3 rings (SSSR count). The van der Waals surface area contributed by atoms with Crippen molar-refractivity contribution < 1.29 is 17.6 Å². The summed E-state index contributed by atoms with van der Waals surface area (Å²) in [7, 11) is -3.28. The second-order valence-corrected chi connectivity index (χ2v) is 10.3. The van der Waals surface area contributed by atoms with E-state index in [1.54, 1.807) is 16.4 Å². The average molecular weight is 485 g/mol. The topological polar surface area (TPSA) is 134 Å². The standard InChI is InChI=1S/C20H29ClN6O4S/c1-14(2)23-6-3-11-32(29,30)27-9-7-26(8-10-27)15-4-5-16(21)17(12-15)24-19(28)18-13-31-20(22)25-18/h4-5,12-14,23H,3,6-11H2,1-2H3,(H2,22,25)(H,24,28). The Morgan fingerprint density at radius 2 is 2.00 bits per heavy atom. The van der Waals surface area contributed by atoms with Crippen molar-refractivity contribution in [2.24, 2.45) is 0 Å². The first-order valence-electron chi connectivity index (χ1n) is 10.4. The van der Waals surface area contributed by atoms with E-state index >= 15 is 0 Å². The predicted octanol–water partition coefficient (Wildman–Crippen LogP) is 2.00. The van der Waals surface area contributed by atoms with E-state index in [1.165, 1.54) is 6.26 Å². The number of nitrogens with two attached hydrogens (primary N) is 1. The normalized spacial score (nSPS) is 15.3. The molecule has 4 N–H and O–H groups in total. The molecule has 1 amide bonds. The number of aromatic nitrogens is 1. The largest absolute Gasteiger partial charge is 0.431 e. The molecular weight excluding hydrogens is 456 g/mol. The Balaban J connectivity index is 1.58. The Kier molecular flexibility index (Phi) is 7.99. The molecule has 0 aliphatic carbocycles. The minimum absolute atomic E-state index is 0.0476. The van der Waals surface area contributed by atoms with Crippen LogP contribution in [0, 0.1) is 0 Å². The first kappa shape index (κ1) is 24.3. The molecule has 176 valence electrons. The van der Waals surface area contributed by atoms with Gasteiger partial charge in [-0.25, -0.2) is 8.42 Å². The molecule has 32 heavy (non-hydrogen) atoms. The van der Waals surface area contributed by atoms with E-state index in [0.717, 1.165) is 5.69 Å². The van der Waals surface area contributed by atoms with E-state index in [4.69, 9.17) is 21.8 Å². The summed E-state index contributed by atoms with van der Waals surface area (Å²) >= 11 is 6.24. The molecule has 1 fully saturated rings. The lowest BCUT2D eigenvalue weighted by Crippen LogP contribution is -2.49. The lowest BCUT2D eigenvalue weighted by atomic mass is 10.2. The molecule has 0 unspecified atom stereocenters. The van der Waals surface area contributed by atoms with Gasteiger partial charge in [-0.15, -0.1) is 0 Å². The minimum atomic E-state index is -3.28. The number of nitrogens with zero attached hydrogens (tertiary/aromatic N) is 3. The number of anilines is 3. The Bertz CT molecular complexity index is 1030. The number of rotatable bonds is 9. The third-order valence-electron chi connectivity index (χ3n) is 5.08. The highest BCUT2D eigenvalue weighted by molar-refractivity contribution is 7.89. The van der Waals surface area contributed by atoms with Crippen molar-refractivity contribution in [3.63, 3.8) is 0 Å². The van der Waals surface area contributed by atoms with Crippen molar-refractivity contribution >= 4 is 44.9 Å². The lowest BCUT2D eigenvalue weighted by Gasteiger charge is -2.35. The molecule has 0 spiro atoms. The molecule has 1 aromatic carbocycles. The van der Waals surface area contributed by atoms with Gasteiger partial charge >= 0.3 is 0 Å². The Morgan fingerprint density at radius 1 is 1.28 bits per heavy atom. The van der Waals surface area contributed by atoms with Gasteiger partial charge in [-0.1, -0.05) is 25.4 Å². The molecule has 2 heterocycles. The van der Waals surface area contributed by atoms with Crippen LogP contribution in [0.15, 0.2) is 28.9 Å². The van der Waals surface area contributed by atoms with Crippen LogP contribution < -0.4 is 21.3 Å². The highest BCUT2D eigenvalue weighted by Gasteiger charge is 2.27. The second kappa shape index (κ2) is 10.5. The lowest BCUT2D eigenvalue weighted by molar-refractivity contribution is 0.102. The number of piperazine rings is 1. The number of carbonyl (C=O) groups is 1. The molecule has 1 aliphatic rings. The molecule has 1 aliphatic heterocycles. The Labute approximate surface area is 193 Å². The maximum absolute atomic E-state index is 12.6. The van der Waals surface area contributed by atoms with Gasteiger partial charge in [-0.2, -0.15) is 9.29 Å². The van der Waals surface area contributed by atoms with Crippen molar-refractivity contribution in [1.29, 1.82) is 0 Å². The van der Waals surface area contributed by atoms with Crippen LogP contribution in [-0.4, -0.2) is 68.1 Å². The number of nitrogens with one attached hydrogen (secondary N) is 2. The quantitative estimate of drug-likeness (QED) is 0.460. The van der Waals surface area contributed by atoms with E-state index in [0.29, 0.717) is 55.9 Å². The third kappa shape index (κ3) is 6.35. The molecule has 0 bridgehead atoms. The van der Waals surface area contributed by atoms with E-state index in [2.05, 4.69) is 20.5 Å². The summed E-state index contributed by atoms with van der Waals surface area (Å²) in [5.41, 5.74) is 6.71. The Morgan fingerprint density at radius 3 is 2.62 bits per heavy atom. The third-order valence-corrected chi connectivity index (χ3v) is 7.37. The fourth-order valence-electron chi connectivity index (χ4n) is 3.38. The van der Waals surface area contributed by atoms with Crippen LogP contribution >= 0.6 is 11.6 Å². The van der Waals surface area contributed by atoms with Gasteiger partial charge in [-0.3, -0.25) is 4.79 Å². The van der Waals surface area contributed by atoms with Gasteiger partial charge in [0.15, 0.2) is 5.69 Å². The molecule has 2 aromatic rings.